The topological polar surface area (TPSA) is 67.2 Å². The molecular formula is C12H13N3O2. The van der Waals surface area contributed by atoms with Crippen LogP contribution in [0, 0.1) is 6.92 Å². The van der Waals surface area contributed by atoms with Gasteiger partial charge in [-0.05, 0) is 19.1 Å². The number of benzene rings is 1. The van der Waals surface area contributed by atoms with Crippen LogP contribution in [-0.4, -0.2) is 20.9 Å². The Morgan fingerprint density at radius 3 is 2.82 bits per heavy atom. The molecule has 0 fully saturated rings. The Morgan fingerprint density at radius 2 is 2.24 bits per heavy atom. The molecule has 0 spiro atoms. The van der Waals surface area contributed by atoms with Crippen LogP contribution in [0.5, 0.6) is 0 Å². The van der Waals surface area contributed by atoms with Gasteiger partial charge in [-0.25, -0.2) is 4.79 Å². The highest BCUT2D eigenvalue weighted by molar-refractivity contribution is 5.95. The van der Waals surface area contributed by atoms with Crippen molar-refractivity contribution in [3.8, 4) is 0 Å². The summed E-state index contributed by atoms with van der Waals surface area (Å²) in [6.07, 6.45) is 3.43. The second-order valence-electron chi connectivity index (χ2n) is 3.88. The molecule has 5 heteroatoms. The number of aromatic nitrogens is 2. The van der Waals surface area contributed by atoms with E-state index in [2.05, 4.69) is 10.4 Å². The van der Waals surface area contributed by atoms with Crippen molar-refractivity contribution in [1.29, 1.82) is 0 Å². The van der Waals surface area contributed by atoms with E-state index >= 15 is 0 Å². The molecule has 0 saturated heterocycles. The number of hydrogen-bond acceptors (Lipinski definition) is 3. The summed E-state index contributed by atoms with van der Waals surface area (Å²) in [4.78, 5) is 11.1. The summed E-state index contributed by atoms with van der Waals surface area (Å²) in [5, 5.41) is 16.2. The maximum absolute atomic E-state index is 11.1. The van der Waals surface area contributed by atoms with Gasteiger partial charge in [0.2, 0.25) is 0 Å². The third-order valence-corrected chi connectivity index (χ3v) is 2.39. The summed E-state index contributed by atoms with van der Waals surface area (Å²) in [5.41, 5.74) is 2.50. The number of carboxylic acids is 1. The maximum atomic E-state index is 11.1. The molecule has 0 unspecified atom stereocenters. The highest BCUT2D eigenvalue weighted by atomic mass is 16.4. The van der Waals surface area contributed by atoms with Crippen LogP contribution in [0.3, 0.4) is 0 Å². The van der Waals surface area contributed by atoms with Crippen molar-refractivity contribution in [3.63, 3.8) is 0 Å². The summed E-state index contributed by atoms with van der Waals surface area (Å²) in [6.45, 7) is 1.86. The fraction of sp³-hybridized carbons (Fsp3) is 0.167. The number of aromatic carboxylic acids is 1. The molecule has 2 N–H and O–H groups in total. The first-order valence-electron chi connectivity index (χ1n) is 5.16. The Labute approximate surface area is 98.7 Å². The smallest absolute Gasteiger partial charge is 0.337 e. The van der Waals surface area contributed by atoms with E-state index in [1.807, 2.05) is 13.0 Å². The van der Waals surface area contributed by atoms with Crippen molar-refractivity contribution in [3.05, 3.63) is 41.7 Å². The van der Waals surface area contributed by atoms with Gasteiger partial charge in [-0.1, -0.05) is 11.6 Å². The predicted octanol–water partition coefficient (Wildman–Crippen LogP) is 2.17. The van der Waals surface area contributed by atoms with E-state index in [1.165, 1.54) is 0 Å². The maximum Gasteiger partial charge on any atom is 0.337 e. The molecule has 0 bridgehead atoms. The van der Waals surface area contributed by atoms with E-state index in [9.17, 15) is 4.79 Å². The van der Waals surface area contributed by atoms with E-state index < -0.39 is 5.97 Å². The molecule has 1 aromatic heterocycles. The summed E-state index contributed by atoms with van der Waals surface area (Å²) in [5.74, 6) is -0.944. The minimum atomic E-state index is -0.944. The van der Waals surface area contributed by atoms with E-state index in [-0.39, 0.29) is 5.56 Å². The van der Waals surface area contributed by atoms with Crippen molar-refractivity contribution < 1.29 is 9.90 Å². The number of carboxylic acid groups (broad SMARTS) is 1. The van der Waals surface area contributed by atoms with Crippen LogP contribution in [0.4, 0.5) is 11.4 Å². The number of hydrogen-bond donors (Lipinski definition) is 2. The van der Waals surface area contributed by atoms with Gasteiger partial charge in [0.15, 0.2) is 0 Å². The number of nitrogens with one attached hydrogen (secondary N) is 1. The van der Waals surface area contributed by atoms with Crippen molar-refractivity contribution in [2.45, 2.75) is 6.92 Å². The van der Waals surface area contributed by atoms with Gasteiger partial charge in [-0.3, -0.25) is 4.68 Å². The molecule has 1 aromatic carbocycles. The first kappa shape index (κ1) is 11.2. The normalized spacial score (nSPS) is 10.2. The molecule has 1 heterocycles. The second kappa shape index (κ2) is 4.29. The van der Waals surface area contributed by atoms with Gasteiger partial charge >= 0.3 is 5.97 Å². The van der Waals surface area contributed by atoms with Gasteiger partial charge < -0.3 is 10.4 Å². The van der Waals surface area contributed by atoms with Gasteiger partial charge in [0.05, 0.1) is 23.1 Å². The molecule has 0 radical (unpaired) electrons. The Morgan fingerprint density at radius 1 is 1.47 bits per heavy atom. The van der Waals surface area contributed by atoms with Crippen LogP contribution in [0.25, 0.3) is 0 Å². The average Bonchev–Trinajstić information content (AvgIpc) is 2.66. The fourth-order valence-electron chi connectivity index (χ4n) is 1.59. The van der Waals surface area contributed by atoms with E-state index in [0.717, 1.165) is 11.3 Å². The SMILES string of the molecule is Cc1ccc(Nc2cnn(C)c2)c(C(=O)O)c1. The second-order valence-corrected chi connectivity index (χ2v) is 3.88. The number of carbonyl (C=O) groups is 1. The number of aryl methyl sites for hydroxylation is 2. The van der Waals surface area contributed by atoms with E-state index in [4.69, 9.17) is 5.11 Å². The zero-order valence-corrected chi connectivity index (χ0v) is 9.64. The molecule has 0 saturated carbocycles. The quantitative estimate of drug-likeness (QED) is 0.849. The summed E-state index contributed by atoms with van der Waals surface area (Å²) in [6, 6.07) is 5.26. The molecule has 0 aliphatic rings. The minimum absolute atomic E-state index is 0.258. The van der Waals surface area contributed by atoms with Gasteiger partial charge in [-0.15, -0.1) is 0 Å². The molecule has 0 aliphatic heterocycles. The fourth-order valence-corrected chi connectivity index (χ4v) is 1.59. The Hall–Kier alpha value is -2.30. The van der Waals surface area contributed by atoms with Gasteiger partial charge in [0.1, 0.15) is 0 Å². The Kier molecular flexibility index (Phi) is 2.82. The van der Waals surface area contributed by atoms with E-state index in [0.29, 0.717) is 5.69 Å². The van der Waals surface area contributed by atoms with Crippen molar-refractivity contribution in [2.24, 2.45) is 7.05 Å². The molecule has 17 heavy (non-hydrogen) atoms. The van der Waals surface area contributed by atoms with Crippen molar-refractivity contribution in [1.82, 2.24) is 9.78 Å². The zero-order chi connectivity index (χ0) is 12.4. The molecular weight excluding hydrogens is 218 g/mol. The van der Waals surface area contributed by atoms with Crippen LogP contribution in [0.2, 0.25) is 0 Å². The molecule has 0 amide bonds. The Bertz CT molecular complexity index is 561. The standard InChI is InChI=1S/C12H13N3O2/c1-8-3-4-11(10(5-8)12(16)17)14-9-6-13-15(2)7-9/h3-7,14H,1-2H3,(H,16,17). The first-order chi connectivity index (χ1) is 8.06. The van der Waals surface area contributed by atoms with Crippen LogP contribution in [0.15, 0.2) is 30.6 Å². The van der Waals surface area contributed by atoms with Gasteiger partial charge in [0, 0.05) is 13.2 Å². The largest absolute Gasteiger partial charge is 0.478 e. The summed E-state index contributed by atoms with van der Waals surface area (Å²) in [7, 11) is 1.80. The molecule has 5 nitrogen and oxygen atoms in total. The van der Waals surface area contributed by atoms with Gasteiger partial charge in [-0.2, -0.15) is 5.10 Å². The molecule has 0 aliphatic carbocycles. The zero-order valence-electron chi connectivity index (χ0n) is 9.64. The van der Waals surface area contributed by atoms with Crippen LogP contribution in [0.1, 0.15) is 15.9 Å². The Balaban J connectivity index is 2.35. The lowest BCUT2D eigenvalue weighted by Crippen LogP contribution is -2.02. The van der Waals surface area contributed by atoms with Gasteiger partial charge in [0.25, 0.3) is 0 Å². The summed E-state index contributed by atoms with van der Waals surface area (Å²) < 4.78 is 1.65. The van der Waals surface area contributed by atoms with E-state index in [1.54, 1.807) is 36.3 Å². The highest BCUT2D eigenvalue weighted by Gasteiger charge is 2.10. The van der Waals surface area contributed by atoms with Crippen LogP contribution >= 0.6 is 0 Å². The lowest BCUT2D eigenvalue weighted by Gasteiger charge is -2.08. The highest BCUT2D eigenvalue weighted by Crippen LogP contribution is 2.21. The number of nitrogens with zero attached hydrogens (tertiary/aromatic N) is 2. The third-order valence-electron chi connectivity index (χ3n) is 2.39. The van der Waals surface area contributed by atoms with Crippen LogP contribution in [-0.2, 0) is 7.05 Å². The molecule has 2 rings (SSSR count). The van der Waals surface area contributed by atoms with Crippen molar-refractivity contribution >= 4 is 17.3 Å². The molecule has 0 atom stereocenters. The van der Waals surface area contributed by atoms with Crippen LogP contribution < -0.4 is 5.32 Å². The lowest BCUT2D eigenvalue weighted by molar-refractivity contribution is 0.0698. The monoisotopic (exact) mass is 231 g/mol. The summed E-state index contributed by atoms with van der Waals surface area (Å²) >= 11 is 0. The predicted molar refractivity (Wildman–Crippen MR) is 64.6 cm³/mol. The van der Waals surface area contributed by atoms with Crippen molar-refractivity contribution in [2.75, 3.05) is 5.32 Å². The first-order valence-corrected chi connectivity index (χ1v) is 5.16. The minimum Gasteiger partial charge on any atom is -0.478 e. The average molecular weight is 231 g/mol. The molecule has 2 aromatic rings. The third kappa shape index (κ3) is 2.44. The lowest BCUT2D eigenvalue weighted by atomic mass is 10.1. The number of anilines is 2. The number of rotatable bonds is 3. The molecule has 88 valence electrons.